The number of rotatable bonds is 4. The van der Waals surface area contributed by atoms with Crippen LogP contribution in [0.2, 0.25) is 0 Å². The van der Waals surface area contributed by atoms with Gasteiger partial charge in [0, 0.05) is 23.3 Å². The zero-order valence-corrected chi connectivity index (χ0v) is 10.6. The van der Waals surface area contributed by atoms with Crippen molar-refractivity contribution in [3.8, 4) is 0 Å². The third-order valence-electron chi connectivity index (χ3n) is 2.90. The van der Waals surface area contributed by atoms with E-state index in [1.165, 1.54) is 0 Å². The van der Waals surface area contributed by atoms with Crippen LogP contribution in [0.4, 0.5) is 0 Å². The average molecular weight is 288 g/mol. The lowest BCUT2D eigenvalue weighted by atomic mass is 9.89. The topological polar surface area (TPSA) is 51.5 Å². The summed E-state index contributed by atoms with van der Waals surface area (Å²) in [6, 6.07) is 1.89. The second kappa shape index (κ2) is 4.59. The first kappa shape index (κ1) is 11.7. The van der Waals surface area contributed by atoms with E-state index >= 15 is 0 Å². The number of halogens is 1. The molecule has 1 aliphatic carbocycles. The van der Waals surface area contributed by atoms with Crippen LogP contribution < -0.4 is 0 Å². The molecule has 0 amide bonds. The highest BCUT2D eigenvalue weighted by atomic mass is 79.9. The van der Waals surface area contributed by atoms with E-state index < -0.39 is 5.97 Å². The smallest absolute Gasteiger partial charge is 0.352 e. The Hall–Kier alpha value is -0.810. The van der Waals surface area contributed by atoms with Crippen LogP contribution in [0.1, 0.15) is 36.3 Å². The Bertz CT molecular complexity index is 396. The third-order valence-corrected chi connectivity index (χ3v) is 3.33. The molecule has 0 aliphatic heterocycles. The quantitative estimate of drug-likeness (QED) is 0.926. The first-order valence-corrected chi connectivity index (χ1v) is 6.13. The fourth-order valence-electron chi connectivity index (χ4n) is 2.06. The molecule has 1 N–H and O–H groups in total. The van der Waals surface area contributed by atoms with Gasteiger partial charge in [0.25, 0.3) is 0 Å². The molecule has 1 saturated carbocycles. The molecule has 0 atom stereocenters. The molecular weight excluding hydrogens is 274 g/mol. The summed E-state index contributed by atoms with van der Waals surface area (Å²) in [5, 5.41) is 9.04. The van der Waals surface area contributed by atoms with Crippen molar-refractivity contribution in [3.05, 3.63) is 22.4 Å². The van der Waals surface area contributed by atoms with Crippen molar-refractivity contribution in [1.29, 1.82) is 0 Å². The molecular formula is C11H14BrNO3. The molecule has 0 unspecified atom stereocenters. The minimum atomic E-state index is -0.884. The number of carboxylic acids is 1. The SMILES string of the molecule is CCOC1CC(n2cc(Br)cc2C(=O)O)C1. The summed E-state index contributed by atoms with van der Waals surface area (Å²) in [5.41, 5.74) is 0.340. The summed E-state index contributed by atoms with van der Waals surface area (Å²) < 4.78 is 8.10. The van der Waals surface area contributed by atoms with Crippen molar-refractivity contribution in [2.45, 2.75) is 31.9 Å². The molecule has 1 heterocycles. The summed E-state index contributed by atoms with van der Waals surface area (Å²) >= 11 is 3.30. The second-order valence-electron chi connectivity index (χ2n) is 3.96. The maximum Gasteiger partial charge on any atom is 0.352 e. The van der Waals surface area contributed by atoms with E-state index in [1.807, 2.05) is 17.7 Å². The molecule has 0 aromatic carbocycles. The van der Waals surface area contributed by atoms with Gasteiger partial charge in [0.2, 0.25) is 0 Å². The van der Waals surface area contributed by atoms with E-state index in [2.05, 4.69) is 15.9 Å². The first-order chi connectivity index (χ1) is 7.61. The minimum absolute atomic E-state index is 0.258. The lowest BCUT2D eigenvalue weighted by Crippen LogP contribution is -2.34. The van der Waals surface area contributed by atoms with Crippen molar-refractivity contribution in [1.82, 2.24) is 4.57 Å². The van der Waals surface area contributed by atoms with Gasteiger partial charge < -0.3 is 14.4 Å². The number of hydrogen-bond acceptors (Lipinski definition) is 2. The van der Waals surface area contributed by atoms with Gasteiger partial charge in [-0.15, -0.1) is 0 Å². The van der Waals surface area contributed by atoms with Crippen molar-refractivity contribution < 1.29 is 14.6 Å². The lowest BCUT2D eigenvalue weighted by Gasteiger charge is -2.36. The van der Waals surface area contributed by atoms with E-state index in [4.69, 9.17) is 9.84 Å². The highest BCUT2D eigenvalue weighted by Gasteiger charge is 2.32. The summed E-state index contributed by atoms with van der Waals surface area (Å²) in [6.45, 7) is 2.70. The average Bonchev–Trinajstić information content (AvgIpc) is 2.53. The number of nitrogens with zero attached hydrogens (tertiary/aromatic N) is 1. The number of carbonyl (C=O) groups is 1. The van der Waals surface area contributed by atoms with Crippen molar-refractivity contribution in [2.75, 3.05) is 6.61 Å². The van der Waals surface area contributed by atoms with Crippen LogP contribution in [0, 0.1) is 0 Å². The van der Waals surface area contributed by atoms with Gasteiger partial charge in [-0.2, -0.15) is 0 Å². The summed E-state index contributed by atoms with van der Waals surface area (Å²) in [4.78, 5) is 11.0. The molecule has 1 fully saturated rings. The zero-order chi connectivity index (χ0) is 11.7. The number of aromatic carboxylic acids is 1. The molecule has 1 aromatic heterocycles. The highest BCUT2D eigenvalue weighted by Crippen LogP contribution is 2.36. The van der Waals surface area contributed by atoms with Gasteiger partial charge in [-0.05, 0) is 41.8 Å². The van der Waals surface area contributed by atoms with Gasteiger partial charge in [0.05, 0.1) is 6.10 Å². The first-order valence-electron chi connectivity index (χ1n) is 5.34. The van der Waals surface area contributed by atoms with Crippen molar-refractivity contribution >= 4 is 21.9 Å². The molecule has 0 bridgehead atoms. The van der Waals surface area contributed by atoms with E-state index in [-0.39, 0.29) is 12.1 Å². The fraction of sp³-hybridized carbons (Fsp3) is 0.545. The number of aromatic nitrogens is 1. The van der Waals surface area contributed by atoms with Crippen molar-refractivity contribution in [2.24, 2.45) is 0 Å². The molecule has 16 heavy (non-hydrogen) atoms. The Morgan fingerprint density at radius 1 is 1.69 bits per heavy atom. The Labute approximate surface area is 102 Å². The van der Waals surface area contributed by atoms with Gasteiger partial charge in [-0.1, -0.05) is 0 Å². The van der Waals surface area contributed by atoms with Crippen LogP contribution in [-0.4, -0.2) is 28.4 Å². The third kappa shape index (κ3) is 2.15. The number of carboxylic acid groups (broad SMARTS) is 1. The molecule has 0 spiro atoms. The van der Waals surface area contributed by atoms with Crippen LogP contribution in [0.15, 0.2) is 16.7 Å². The van der Waals surface area contributed by atoms with E-state index in [0.29, 0.717) is 5.69 Å². The van der Waals surface area contributed by atoms with E-state index in [0.717, 1.165) is 23.9 Å². The molecule has 1 aromatic rings. The number of hydrogen-bond donors (Lipinski definition) is 1. The Morgan fingerprint density at radius 2 is 2.38 bits per heavy atom. The standard InChI is InChI=1S/C11H14BrNO3/c1-2-16-9-4-8(5-9)13-6-7(12)3-10(13)11(14)15/h3,6,8-9H,2,4-5H2,1H3,(H,14,15). The molecule has 5 heteroatoms. The van der Waals surface area contributed by atoms with Gasteiger partial charge in [0.15, 0.2) is 0 Å². The molecule has 0 saturated heterocycles. The maximum atomic E-state index is 11.0. The molecule has 0 radical (unpaired) electrons. The lowest BCUT2D eigenvalue weighted by molar-refractivity contribution is -0.0204. The molecule has 4 nitrogen and oxygen atoms in total. The van der Waals surface area contributed by atoms with Gasteiger partial charge in [0.1, 0.15) is 5.69 Å². The summed E-state index contributed by atoms with van der Waals surface area (Å²) in [5.74, 6) is -0.884. The molecule has 1 aliphatic rings. The Balaban J connectivity index is 2.08. The predicted octanol–water partition coefficient (Wildman–Crippen LogP) is 2.69. The Kier molecular flexibility index (Phi) is 3.35. The Morgan fingerprint density at radius 3 is 2.94 bits per heavy atom. The minimum Gasteiger partial charge on any atom is -0.477 e. The van der Waals surface area contributed by atoms with Crippen LogP contribution >= 0.6 is 15.9 Å². The second-order valence-corrected chi connectivity index (χ2v) is 4.87. The fourth-order valence-corrected chi connectivity index (χ4v) is 2.49. The van der Waals surface area contributed by atoms with E-state index in [9.17, 15) is 4.79 Å². The maximum absolute atomic E-state index is 11.0. The van der Waals surface area contributed by atoms with Gasteiger partial charge >= 0.3 is 5.97 Å². The van der Waals surface area contributed by atoms with Crippen LogP contribution in [0.25, 0.3) is 0 Å². The van der Waals surface area contributed by atoms with Crippen molar-refractivity contribution in [3.63, 3.8) is 0 Å². The van der Waals surface area contributed by atoms with Gasteiger partial charge in [-0.25, -0.2) is 4.79 Å². The summed E-state index contributed by atoms with van der Waals surface area (Å²) in [6.07, 6.45) is 3.92. The molecule has 88 valence electrons. The molecule has 2 rings (SSSR count). The summed E-state index contributed by atoms with van der Waals surface area (Å²) in [7, 11) is 0. The normalized spacial score (nSPS) is 24.1. The highest BCUT2D eigenvalue weighted by molar-refractivity contribution is 9.10. The van der Waals surface area contributed by atoms with Gasteiger partial charge in [-0.3, -0.25) is 0 Å². The zero-order valence-electron chi connectivity index (χ0n) is 9.02. The van der Waals surface area contributed by atoms with Crippen LogP contribution in [-0.2, 0) is 4.74 Å². The largest absolute Gasteiger partial charge is 0.477 e. The van der Waals surface area contributed by atoms with E-state index in [1.54, 1.807) is 6.07 Å². The monoisotopic (exact) mass is 287 g/mol. The van der Waals surface area contributed by atoms with Crippen LogP contribution in [0.5, 0.6) is 0 Å². The van der Waals surface area contributed by atoms with Crippen LogP contribution in [0.3, 0.4) is 0 Å². The predicted molar refractivity (Wildman–Crippen MR) is 62.8 cm³/mol. The number of ether oxygens (including phenoxy) is 1.